The van der Waals surface area contributed by atoms with E-state index in [9.17, 15) is 14.0 Å². The molecule has 0 aliphatic carbocycles. The van der Waals surface area contributed by atoms with Crippen molar-refractivity contribution in [3.05, 3.63) is 74.9 Å². The molecule has 128 valence electrons. The number of esters is 1. The van der Waals surface area contributed by atoms with Gasteiger partial charge in [0.15, 0.2) is 0 Å². The molecule has 0 spiro atoms. The summed E-state index contributed by atoms with van der Waals surface area (Å²) in [4.78, 5) is 23.7. The number of nitrogens with zero attached hydrogens (tertiary/aromatic N) is 2. The van der Waals surface area contributed by atoms with Gasteiger partial charge in [-0.3, -0.25) is 4.79 Å². The van der Waals surface area contributed by atoms with Crippen LogP contribution >= 0.6 is 15.9 Å². The Hall–Kier alpha value is -2.74. The third kappa shape index (κ3) is 4.21. The van der Waals surface area contributed by atoms with Crippen LogP contribution in [-0.4, -0.2) is 15.7 Å². The molecule has 0 N–H and O–H groups in total. The van der Waals surface area contributed by atoms with E-state index in [1.807, 2.05) is 24.3 Å². The van der Waals surface area contributed by atoms with Crippen LogP contribution in [0.3, 0.4) is 0 Å². The van der Waals surface area contributed by atoms with Gasteiger partial charge in [-0.25, -0.2) is 9.18 Å². The van der Waals surface area contributed by atoms with Crippen LogP contribution < -0.4 is 5.76 Å². The Balaban J connectivity index is 1.66. The summed E-state index contributed by atoms with van der Waals surface area (Å²) in [6.45, 7) is -0.314. The van der Waals surface area contributed by atoms with E-state index >= 15 is 0 Å². The fraction of sp³-hybridized carbons (Fsp3) is 0.118. The molecule has 25 heavy (non-hydrogen) atoms. The first-order chi connectivity index (χ1) is 12.0. The van der Waals surface area contributed by atoms with Gasteiger partial charge in [-0.15, -0.1) is 5.10 Å². The maximum Gasteiger partial charge on any atom is 0.437 e. The van der Waals surface area contributed by atoms with Crippen molar-refractivity contribution in [2.24, 2.45) is 0 Å². The lowest BCUT2D eigenvalue weighted by Gasteiger charge is -2.05. The molecular formula is C17H12BrFN2O4. The third-order valence-corrected chi connectivity index (χ3v) is 4.10. The highest BCUT2D eigenvalue weighted by molar-refractivity contribution is 9.10. The van der Waals surface area contributed by atoms with Crippen molar-refractivity contribution >= 4 is 21.9 Å². The monoisotopic (exact) mass is 406 g/mol. The molecule has 0 fully saturated rings. The second kappa shape index (κ2) is 7.43. The van der Waals surface area contributed by atoms with Crippen molar-refractivity contribution in [3.8, 4) is 11.5 Å². The molecule has 0 unspecified atom stereocenters. The predicted octanol–water partition coefficient (Wildman–Crippen LogP) is 3.15. The first-order valence-corrected chi connectivity index (χ1v) is 8.05. The average Bonchev–Trinajstić information content (AvgIpc) is 2.95. The normalized spacial score (nSPS) is 10.6. The van der Waals surface area contributed by atoms with Gasteiger partial charge in [0.25, 0.3) is 0 Å². The quantitative estimate of drug-likeness (QED) is 0.608. The van der Waals surface area contributed by atoms with Gasteiger partial charge in [-0.1, -0.05) is 34.1 Å². The molecule has 3 aromatic rings. The van der Waals surface area contributed by atoms with Gasteiger partial charge in [-0.05, 0) is 30.3 Å². The van der Waals surface area contributed by atoms with Crippen LogP contribution in [0.5, 0.6) is 0 Å². The van der Waals surface area contributed by atoms with Crippen LogP contribution in [0.1, 0.15) is 5.56 Å². The highest BCUT2D eigenvalue weighted by Gasteiger charge is 2.14. The maximum atomic E-state index is 12.9. The zero-order chi connectivity index (χ0) is 17.8. The summed E-state index contributed by atoms with van der Waals surface area (Å²) < 4.78 is 24.7. The second-order valence-corrected chi connectivity index (χ2v) is 5.94. The highest BCUT2D eigenvalue weighted by atomic mass is 79.9. The highest BCUT2D eigenvalue weighted by Crippen LogP contribution is 2.17. The van der Waals surface area contributed by atoms with E-state index in [2.05, 4.69) is 21.0 Å². The van der Waals surface area contributed by atoms with Crippen molar-refractivity contribution in [3.63, 3.8) is 0 Å². The van der Waals surface area contributed by atoms with Crippen LogP contribution in [0.25, 0.3) is 11.5 Å². The van der Waals surface area contributed by atoms with Crippen LogP contribution in [0.15, 0.2) is 62.2 Å². The summed E-state index contributed by atoms with van der Waals surface area (Å²) in [7, 11) is 0. The summed E-state index contributed by atoms with van der Waals surface area (Å²) in [5.41, 5.74) is 1.23. The number of hydrogen-bond acceptors (Lipinski definition) is 5. The second-order valence-electron chi connectivity index (χ2n) is 5.09. The Morgan fingerprint density at radius 3 is 2.64 bits per heavy atom. The Morgan fingerprint density at radius 2 is 1.92 bits per heavy atom. The number of hydrogen-bond donors (Lipinski definition) is 0. The number of halogens is 2. The summed E-state index contributed by atoms with van der Waals surface area (Å²) in [5, 5.41) is 3.93. The van der Waals surface area contributed by atoms with E-state index in [0.29, 0.717) is 5.56 Å². The zero-order valence-corrected chi connectivity index (χ0v) is 14.4. The molecule has 0 aliphatic heterocycles. The van der Waals surface area contributed by atoms with Gasteiger partial charge in [0.1, 0.15) is 19.0 Å². The lowest BCUT2D eigenvalue weighted by molar-refractivity contribution is -0.146. The molecule has 0 amide bonds. The van der Waals surface area contributed by atoms with Crippen LogP contribution in [0.2, 0.25) is 0 Å². The van der Waals surface area contributed by atoms with Crippen molar-refractivity contribution in [1.82, 2.24) is 9.78 Å². The Labute approximate surface area is 150 Å². The standard InChI is InChI=1S/C17H12BrFN2O4/c18-14-4-2-1-3-12(14)10-24-15(22)9-21-17(23)25-16(20-21)11-5-7-13(19)8-6-11/h1-8H,9-10H2. The van der Waals surface area contributed by atoms with Gasteiger partial charge in [0.2, 0.25) is 5.89 Å². The van der Waals surface area contributed by atoms with E-state index in [1.54, 1.807) is 0 Å². The van der Waals surface area contributed by atoms with Gasteiger partial charge in [0, 0.05) is 15.6 Å². The van der Waals surface area contributed by atoms with Crippen LogP contribution in [0.4, 0.5) is 4.39 Å². The SMILES string of the molecule is O=C(Cn1nc(-c2ccc(F)cc2)oc1=O)OCc1ccccc1Br. The third-order valence-electron chi connectivity index (χ3n) is 3.32. The molecule has 0 radical (unpaired) electrons. The molecule has 2 aromatic carbocycles. The smallest absolute Gasteiger partial charge is 0.437 e. The molecule has 8 heteroatoms. The van der Waals surface area contributed by atoms with E-state index < -0.39 is 17.5 Å². The summed E-state index contributed by atoms with van der Waals surface area (Å²) >= 11 is 3.36. The number of aromatic nitrogens is 2. The minimum Gasteiger partial charge on any atom is -0.459 e. The lowest BCUT2D eigenvalue weighted by Crippen LogP contribution is -2.23. The average molecular weight is 407 g/mol. The number of benzene rings is 2. The van der Waals surface area contributed by atoms with Crippen LogP contribution in [0, 0.1) is 5.82 Å². The van der Waals surface area contributed by atoms with Crippen molar-refractivity contribution in [2.45, 2.75) is 13.2 Å². The van der Waals surface area contributed by atoms with Gasteiger partial charge in [-0.2, -0.15) is 4.68 Å². The Morgan fingerprint density at radius 1 is 1.20 bits per heavy atom. The van der Waals surface area contributed by atoms with Crippen LogP contribution in [-0.2, 0) is 22.7 Å². The molecule has 0 atom stereocenters. The number of ether oxygens (including phenoxy) is 1. The minimum atomic E-state index is -0.794. The molecule has 0 bridgehead atoms. The van der Waals surface area contributed by atoms with E-state index in [1.165, 1.54) is 24.3 Å². The first kappa shape index (κ1) is 17.1. The van der Waals surface area contributed by atoms with Crippen molar-refractivity contribution in [1.29, 1.82) is 0 Å². The molecule has 1 heterocycles. The number of carbonyl (C=O) groups excluding carboxylic acids is 1. The molecule has 0 aliphatic rings. The Bertz CT molecular complexity index is 950. The predicted molar refractivity (Wildman–Crippen MR) is 90.1 cm³/mol. The van der Waals surface area contributed by atoms with Crippen molar-refractivity contribution < 1.29 is 18.3 Å². The summed E-state index contributed by atoms with van der Waals surface area (Å²) in [6.07, 6.45) is 0. The molecule has 0 saturated carbocycles. The van der Waals surface area contributed by atoms with Gasteiger partial charge >= 0.3 is 11.7 Å². The van der Waals surface area contributed by atoms with E-state index in [0.717, 1.165) is 14.7 Å². The maximum absolute atomic E-state index is 12.9. The van der Waals surface area contributed by atoms with Crippen molar-refractivity contribution in [2.75, 3.05) is 0 Å². The minimum absolute atomic E-state index is 0.00334. The number of rotatable bonds is 5. The fourth-order valence-electron chi connectivity index (χ4n) is 2.06. The molecule has 6 nitrogen and oxygen atoms in total. The summed E-state index contributed by atoms with van der Waals surface area (Å²) in [5.74, 6) is -1.83. The molecular weight excluding hydrogens is 395 g/mol. The Kier molecular flexibility index (Phi) is 5.08. The first-order valence-electron chi connectivity index (χ1n) is 7.26. The molecule has 0 saturated heterocycles. The largest absolute Gasteiger partial charge is 0.459 e. The van der Waals surface area contributed by atoms with E-state index in [-0.39, 0.29) is 19.0 Å². The topological polar surface area (TPSA) is 74.3 Å². The summed E-state index contributed by atoms with van der Waals surface area (Å²) in [6, 6.07) is 12.6. The number of carbonyl (C=O) groups is 1. The molecule has 3 rings (SSSR count). The van der Waals surface area contributed by atoms with E-state index in [4.69, 9.17) is 9.15 Å². The zero-order valence-electron chi connectivity index (χ0n) is 12.8. The van der Waals surface area contributed by atoms with Gasteiger partial charge in [0.05, 0.1) is 0 Å². The fourth-order valence-corrected chi connectivity index (χ4v) is 2.46. The molecule has 1 aromatic heterocycles. The van der Waals surface area contributed by atoms with Gasteiger partial charge < -0.3 is 9.15 Å². The lowest BCUT2D eigenvalue weighted by atomic mass is 10.2.